The summed E-state index contributed by atoms with van der Waals surface area (Å²) in [6, 6.07) is 14.7. The summed E-state index contributed by atoms with van der Waals surface area (Å²) >= 11 is 0. The highest BCUT2D eigenvalue weighted by molar-refractivity contribution is 5.74. The van der Waals surface area contributed by atoms with Crippen LogP contribution < -0.4 is 10.1 Å². The van der Waals surface area contributed by atoms with Gasteiger partial charge in [0, 0.05) is 13.6 Å². The minimum Gasteiger partial charge on any atom is -0.497 e. The highest BCUT2D eigenvalue weighted by Crippen LogP contribution is 2.22. The molecule has 0 aliphatic carbocycles. The number of amides is 2. The highest BCUT2D eigenvalue weighted by Gasteiger charge is 2.20. The van der Waals surface area contributed by atoms with Crippen molar-refractivity contribution in [2.45, 2.75) is 19.5 Å². The second-order valence-corrected chi connectivity index (χ2v) is 5.73. The minimum absolute atomic E-state index is 0.152. The van der Waals surface area contributed by atoms with E-state index in [1.54, 1.807) is 14.2 Å². The number of likely N-dealkylation sites (N-methyl/N-ethyl adjacent to an activating group) is 1. The zero-order chi connectivity index (χ0) is 17.5. The standard InChI is InChI=1S/C19H24N2O3/c1-14-5-4-6-15(11-14)12-20-19(23)21(2)18(13-22)16-7-9-17(24-3)10-8-16/h4-11,18,22H,12-13H2,1-3H3,(H,20,23). The first-order valence-electron chi connectivity index (χ1n) is 7.86. The Kier molecular flexibility index (Phi) is 6.21. The maximum absolute atomic E-state index is 12.4. The molecule has 2 amide bonds. The van der Waals surface area contributed by atoms with Gasteiger partial charge in [-0.2, -0.15) is 0 Å². The van der Waals surface area contributed by atoms with Crippen LogP contribution in [0.3, 0.4) is 0 Å². The van der Waals surface area contributed by atoms with Crippen LogP contribution in [0.1, 0.15) is 22.7 Å². The molecule has 5 nitrogen and oxygen atoms in total. The Morgan fingerprint density at radius 3 is 2.54 bits per heavy atom. The molecule has 2 N–H and O–H groups in total. The third-order valence-electron chi connectivity index (χ3n) is 3.99. The van der Waals surface area contributed by atoms with Crippen molar-refractivity contribution in [3.8, 4) is 5.75 Å². The van der Waals surface area contributed by atoms with Gasteiger partial charge < -0.3 is 20.1 Å². The number of methoxy groups -OCH3 is 1. The van der Waals surface area contributed by atoms with Crippen LogP contribution in [-0.2, 0) is 6.54 Å². The molecule has 5 heteroatoms. The molecule has 0 radical (unpaired) electrons. The molecule has 0 saturated heterocycles. The second kappa shape index (κ2) is 8.36. The van der Waals surface area contributed by atoms with Gasteiger partial charge >= 0.3 is 6.03 Å². The number of benzene rings is 2. The first-order valence-corrected chi connectivity index (χ1v) is 7.86. The van der Waals surface area contributed by atoms with Gasteiger partial charge in [-0.3, -0.25) is 0 Å². The van der Waals surface area contributed by atoms with E-state index in [9.17, 15) is 9.90 Å². The smallest absolute Gasteiger partial charge is 0.318 e. The van der Waals surface area contributed by atoms with Gasteiger partial charge in [0.1, 0.15) is 5.75 Å². The van der Waals surface area contributed by atoms with Crippen LogP contribution in [0.25, 0.3) is 0 Å². The van der Waals surface area contributed by atoms with Crippen molar-refractivity contribution in [3.63, 3.8) is 0 Å². The summed E-state index contributed by atoms with van der Waals surface area (Å²) < 4.78 is 5.13. The molecule has 128 valence electrons. The van der Waals surface area contributed by atoms with E-state index in [-0.39, 0.29) is 12.6 Å². The van der Waals surface area contributed by atoms with Crippen LogP contribution in [0.2, 0.25) is 0 Å². The van der Waals surface area contributed by atoms with Crippen LogP contribution in [0.15, 0.2) is 48.5 Å². The number of aliphatic hydroxyl groups is 1. The van der Waals surface area contributed by atoms with Crippen LogP contribution >= 0.6 is 0 Å². The molecule has 0 heterocycles. The number of carbonyl (C=O) groups excluding carboxylic acids is 1. The number of nitrogens with zero attached hydrogens (tertiary/aromatic N) is 1. The number of aliphatic hydroxyl groups excluding tert-OH is 1. The van der Waals surface area contributed by atoms with Crippen molar-refractivity contribution >= 4 is 6.03 Å². The summed E-state index contributed by atoms with van der Waals surface area (Å²) in [6.45, 7) is 2.31. The Bertz CT molecular complexity index is 671. The Morgan fingerprint density at radius 1 is 1.25 bits per heavy atom. The van der Waals surface area contributed by atoms with E-state index in [1.165, 1.54) is 4.90 Å². The van der Waals surface area contributed by atoms with E-state index in [0.29, 0.717) is 6.54 Å². The molecular formula is C19H24N2O3. The summed E-state index contributed by atoms with van der Waals surface area (Å²) in [5.41, 5.74) is 3.05. The molecule has 2 aromatic carbocycles. The first kappa shape index (κ1) is 17.8. The van der Waals surface area contributed by atoms with Gasteiger partial charge in [0.25, 0.3) is 0 Å². The molecule has 1 unspecified atom stereocenters. The second-order valence-electron chi connectivity index (χ2n) is 5.73. The lowest BCUT2D eigenvalue weighted by molar-refractivity contribution is 0.149. The number of rotatable bonds is 6. The summed E-state index contributed by atoms with van der Waals surface area (Å²) in [7, 11) is 3.28. The van der Waals surface area contributed by atoms with E-state index in [2.05, 4.69) is 5.32 Å². The molecule has 1 atom stereocenters. The maximum Gasteiger partial charge on any atom is 0.318 e. The Balaban J connectivity index is 2.01. The van der Waals surface area contributed by atoms with Crippen molar-refractivity contribution in [2.24, 2.45) is 0 Å². The number of nitrogens with one attached hydrogen (secondary N) is 1. The largest absolute Gasteiger partial charge is 0.497 e. The molecule has 0 bridgehead atoms. The normalized spacial score (nSPS) is 11.7. The summed E-state index contributed by atoms with van der Waals surface area (Å²) in [6.07, 6.45) is 0. The average molecular weight is 328 g/mol. The molecule has 0 saturated carbocycles. The van der Waals surface area contributed by atoms with Crippen molar-refractivity contribution in [1.82, 2.24) is 10.2 Å². The summed E-state index contributed by atoms with van der Waals surface area (Å²) in [4.78, 5) is 13.9. The maximum atomic E-state index is 12.4. The van der Waals surface area contributed by atoms with Gasteiger partial charge in [-0.15, -0.1) is 0 Å². The number of carbonyl (C=O) groups is 1. The third kappa shape index (κ3) is 4.49. The molecule has 0 spiro atoms. The van der Waals surface area contributed by atoms with Gasteiger partial charge in [0.2, 0.25) is 0 Å². The van der Waals surface area contributed by atoms with E-state index in [1.807, 2.05) is 55.5 Å². The Labute approximate surface area is 142 Å². The lowest BCUT2D eigenvalue weighted by atomic mass is 10.1. The molecule has 24 heavy (non-hydrogen) atoms. The molecule has 0 aromatic heterocycles. The SMILES string of the molecule is COc1ccc(C(CO)N(C)C(=O)NCc2cccc(C)c2)cc1. The molecule has 0 fully saturated rings. The third-order valence-corrected chi connectivity index (χ3v) is 3.99. The predicted octanol–water partition coefficient (Wildman–Crippen LogP) is 2.88. The van der Waals surface area contributed by atoms with Crippen molar-refractivity contribution in [2.75, 3.05) is 20.8 Å². The quantitative estimate of drug-likeness (QED) is 0.857. The highest BCUT2D eigenvalue weighted by atomic mass is 16.5. The average Bonchev–Trinajstić information content (AvgIpc) is 2.61. The van der Waals surface area contributed by atoms with Crippen LogP contribution in [-0.4, -0.2) is 36.8 Å². The number of urea groups is 1. The van der Waals surface area contributed by atoms with Gasteiger partial charge in [-0.05, 0) is 30.2 Å². The van der Waals surface area contributed by atoms with Crippen LogP contribution in [0, 0.1) is 6.92 Å². The molecule has 2 aromatic rings. The monoisotopic (exact) mass is 328 g/mol. The van der Waals surface area contributed by atoms with Crippen molar-refractivity contribution in [3.05, 3.63) is 65.2 Å². The molecular weight excluding hydrogens is 304 g/mol. The fourth-order valence-electron chi connectivity index (χ4n) is 2.54. The van der Waals surface area contributed by atoms with E-state index >= 15 is 0 Å². The fourth-order valence-corrected chi connectivity index (χ4v) is 2.54. The molecule has 0 aliphatic rings. The zero-order valence-electron chi connectivity index (χ0n) is 14.3. The van der Waals surface area contributed by atoms with Gasteiger partial charge in [0.15, 0.2) is 0 Å². The fraction of sp³-hybridized carbons (Fsp3) is 0.316. The minimum atomic E-state index is -0.409. The van der Waals surface area contributed by atoms with Crippen LogP contribution in [0.5, 0.6) is 5.75 Å². The van der Waals surface area contributed by atoms with Gasteiger partial charge in [-0.25, -0.2) is 4.79 Å². The molecule has 2 rings (SSSR count). The van der Waals surface area contributed by atoms with Crippen molar-refractivity contribution < 1.29 is 14.6 Å². The summed E-state index contributed by atoms with van der Waals surface area (Å²) in [5, 5.41) is 12.6. The lowest BCUT2D eigenvalue weighted by Crippen LogP contribution is -2.40. The first-order chi connectivity index (χ1) is 11.5. The van der Waals surface area contributed by atoms with Crippen LogP contribution in [0.4, 0.5) is 4.79 Å². The number of hydrogen-bond donors (Lipinski definition) is 2. The predicted molar refractivity (Wildman–Crippen MR) is 94.0 cm³/mol. The topological polar surface area (TPSA) is 61.8 Å². The number of ether oxygens (including phenoxy) is 1. The number of aryl methyl sites for hydroxylation is 1. The van der Waals surface area contributed by atoms with Gasteiger partial charge in [-0.1, -0.05) is 42.0 Å². The zero-order valence-corrected chi connectivity index (χ0v) is 14.3. The number of hydrogen-bond acceptors (Lipinski definition) is 3. The van der Waals surface area contributed by atoms with Crippen molar-refractivity contribution in [1.29, 1.82) is 0 Å². The van der Waals surface area contributed by atoms with Gasteiger partial charge in [0.05, 0.1) is 19.8 Å². The van der Waals surface area contributed by atoms with E-state index < -0.39 is 6.04 Å². The Hall–Kier alpha value is -2.53. The molecule has 0 aliphatic heterocycles. The lowest BCUT2D eigenvalue weighted by Gasteiger charge is -2.27. The van der Waals surface area contributed by atoms with E-state index in [4.69, 9.17) is 4.74 Å². The Morgan fingerprint density at radius 2 is 1.96 bits per heavy atom. The van der Waals surface area contributed by atoms with E-state index in [0.717, 1.165) is 22.4 Å². The summed E-state index contributed by atoms with van der Waals surface area (Å²) in [5.74, 6) is 0.738.